The number of piperazine rings is 1. The maximum atomic E-state index is 14.9. The van der Waals surface area contributed by atoms with Crippen LogP contribution in [0, 0.1) is 33.0 Å². The molecule has 13 nitrogen and oxygen atoms in total. The Morgan fingerprint density at radius 2 is 1.35 bits per heavy atom. The van der Waals surface area contributed by atoms with E-state index in [9.17, 15) is 28.8 Å². The van der Waals surface area contributed by atoms with Gasteiger partial charge in [-0.1, -0.05) is 81.1 Å². The summed E-state index contributed by atoms with van der Waals surface area (Å²) in [4.78, 5) is 85.3. The molecule has 0 radical (unpaired) electrons. The highest BCUT2D eigenvalue weighted by Gasteiger charge is 2.85. The maximum absolute atomic E-state index is 14.9. The first-order chi connectivity index (χ1) is 24.0. The van der Waals surface area contributed by atoms with Crippen molar-refractivity contribution in [1.82, 2.24) is 31.1 Å². The third-order valence-corrected chi connectivity index (χ3v) is 13.7. The molecule has 13 heteroatoms. The number of hydrogen-bond donors (Lipinski definition) is 5. The normalized spacial score (nSPS) is 29.7. The number of nitrogens with zero attached hydrogens (tertiary/aromatic N) is 2. The monoisotopic (exact) mass is 727 g/mol. The van der Waals surface area contributed by atoms with Crippen molar-refractivity contribution in [2.75, 3.05) is 19.6 Å². The number of nitrogens with one attached hydrogen (secondary N) is 4. The van der Waals surface area contributed by atoms with E-state index >= 15 is 0 Å². The Labute approximate surface area is 310 Å². The van der Waals surface area contributed by atoms with E-state index in [0.717, 1.165) is 38.5 Å². The molecule has 2 aliphatic heterocycles. The smallest absolute Gasteiger partial charge is 0.316 e. The highest BCUT2D eigenvalue weighted by Crippen LogP contribution is 2.88. The Morgan fingerprint density at radius 1 is 0.808 bits per heavy atom. The molecule has 0 aromatic carbocycles. The minimum absolute atomic E-state index is 0.0171. The molecule has 5 fully saturated rings. The molecular weight excluding hydrogens is 662 g/mol. The topological polar surface area (TPSA) is 183 Å². The summed E-state index contributed by atoms with van der Waals surface area (Å²) in [7, 11) is 0. The molecule has 3 aliphatic carbocycles. The lowest BCUT2D eigenvalue weighted by molar-refractivity contribution is -0.143. The van der Waals surface area contributed by atoms with E-state index in [1.54, 1.807) is 9.80 Å². The average molecular weight is 728 g/mol. The summed E-state index contributed by atoms with van der Waals surface area (Å²) in [6, 6.07) is -4.26. The van der Waals surface area contributed by atoms with Crippen LogP contribution in [0.4, 0.5) is 4.79 Å². The molecule has 5 aliphatic rings. The Kier molecular flexibility index (Phi) is 10.7. The van der Waals surface area contributed by atoms with Crippen LogP contribution in [0.3, 0.4) is 0 Å². The minimum atomic E-state index is -1.09. The molecule has 7 atom stereocenters. The van der Waals surface area contributed by atoms with E-state index in [1.165, 1.54) is 0 Å². The third-order valence-electron chi connectivity index (χ3n) is 13.7. The van der Waals surface area contributed by atoms with Crippen LogP contribution in [-0.2, 0) is 24.0 Å². The van der Waals surface area contributed by atoms with Crippen molar-refractivity contribution < 1.29 is 28.8 Å². The van der Waals surface area contributed by atoms with Gasteiger partial charge in [-0.05, 0) is 67.1 Å². The van der Waals surface area contributed by atoms with E-state index in [0.29, 0.717) is 32.5 Å². The Bertz CT molecular complexity index is 1450. The van der Waals surface area contributed by atoms with Crippen LogP contribution in [0.2, 0.25) is 0 Å². The number of fused-ring (bicyclic) bond motifs is 1. The zero-order valence-electron chi connectivity index (χ0n) is 33.2. The van der Waals surface area contributed by atoms with Gasteiger partial charge in [-0.2, -0.15) is 0 Å². The van der Waals surface area contributed by atoms with Gasteiger partial charge in [0.25, 0.3) is 5.91 Å². The summed E-state index contributed by atoms with van der Waals surface area (Å²) >= 11 is 0. The second-order valence-electron chi connectivity index (χ2n) is 19.6. The molecule has 292 valence electrons. The molecule has 5 rings (SSSR count). The first kappa shape index (κ1) is 40.0. The lowest BCUT2D eigenvalue weighted by Crippen LogP contribution is -2.64. The van der Waals surface area contributed by atoms with Crippen molar-refractivity contribution in [1.29, 1.82) is 0 Å². The molecule has 2 heterocycles. The van der Waals surface area contributed by atoms with Gasteiger partial charge in [-0.3, -0.25) is 24.0 Å². The van der Waals surface area contributed by atoms with E-state index < -0.39 is 64.5 Å². The largest absolute Gasteiger partial charge is 0.363 e. The molecule has 3 saturated carbocycles. The summed E-state index contributed by atoms with van der Waals surface area (Å²) in [6.07, 6.45) is 6.79. The van der Waals surface area contributed by atoms with E-state index in [4.69, 9.17) is 5.73 Å². The first-order valence-corrected chi connectivity index (χ1v) is 19.5. The van der Waals surface area contributed by atoms with Crippen molar-refractivity contribution in [2.24, 2.45) is 38.7 Å². The lowest BCUT2D eigenvalue weighted by Gasteiger charge is -2.41. The number of likely N-dealkylation sites (tertiary alicyclic amines) is 1. The fourth-order valence-electron chi connectivity index (χ4n) is 10.3. The number of carbonyl (C=O) groups is 6. The average Bonchev–Trinajstić information content (AvgIpc) is 3.19. The first-order valence-electron chi connectivity index (χ1n) is 19.5. The number of ketones is 1. The van der Waals surface area contributed by atoms with Gasteiger partial charge in [0.15, 0.2) is 0 Å². The quantitative estimate of drug-likeness (QED) is 0.215. The minimum Gasteiger partial charge on any atom is -0.363 e. The number of nitrogens with two attached hydrogens (primary N) is 1. The SMILES string of the molecule is CC1CN(C(=O)C(NC(=O)NC(C(=O)N2CC3(C[C@H]2C(=O)NC(CC2CCC2)C(=O)C(N)=O)C(C)(C)C32CCC2)C(C)(C)C)C(C)(C)C)C[C@H](C)N1. The number of hydrogen-bond acceptors (Lipinski definition) is 7. The molecular formula is C39H65N7O6. The van der Waals surface area contributed by atoms with Gasteiger partial charge in [0, 0.05) is 37.1 Å². The van der Waals surface area contributed by atoms with Gasteiger partial charge < -0.3 is 36.8 Å². The van der Waals surface area contributed by atoms with Crippen molar-refractivity contribution in [3.05, 3.63) is 0 Å². The Hall–Kier alpha value is -3.22. The second-order valence-corrected chi connectivity index (χ2v) is 19.6. The zero-order chi connectivity index (χ0) is 38.8. The highest BCUT2D eigenvalue weighted by molar-refractivity contribution is 6.37. The predicted octanol–water partition coefficient (Wildman–Crippen LogP) is 2.85. The fourth-order valence-corrected chi connectivity index (χ4v) is 10.3. The summed E-state index contributed by atoms with van der Waals surface area (Å²) < 4.78 is 0. The third kappa shape index (κ3) is 7.07. The molecule has 52 heavy (non-hydrogen) atoms. The molecule has 6 N–H and O–H groups in total. The Morgan fingerprint density at radius 3 is 1.77 bits per heavy atom. The van der Waals surface area contributed by atoms with Gasteiger partial charge in [0.2, 0.25) is 23.5 Å². The number of carbonyl (C=O) groups excluding carboxylic acids is 6. The van der Waals surface area contributed by atoms with E-state index in [2.05, 4.69) is 35.1 Å². The Balaban J connectivity index is 1.39. The van der Waals surface area contributed by atoms with Crippen LogP contribution in [0.5, 0.6) is 0 Å². The molecule has 2 saturated heterocycles. The predicted molar refractivity (Wildman–Crippen MR) is 197 cm³/mol. The number of Topliss-reactive ketones (excluding diaryl/α,β-unsaturated/α-hetero) is 1. The maximum Gasteiger partial charge on any atom is 0.316 e. The molecule has 0 aromatic heterocycles. The summed E-state index contributed by atoms with van der Waals surface area (Å²) in [5, 5.41) is 12.2. The number of primary amides is 1. The molecule has 0 aromatic rings. The molecule has 5 unspecified atom stereocenters. The summed E-state index contributed by atoms with van der Waals surface area (Å²) in [5.74, 6) is -2.74. The van der Waals surface area contributed by atoms with Gasteiger partial charge in [-0.25, -0.2) is 4.79 Å². The van der Waals surface area contributed by atoms with Crippen LogP contribution < -0.4 is 27.0 Å². The molecule has 0 bridgehead atoms. The lowest BCUT2D eigenvalue weighted by atomic mass is 9.73. The fraction of sp³-hybridized carbons (Fsp3) is 0.846. The number of rotatable bonds is 10. The second kappa shape index (κ2) is 13.9. The van der Waals surface area contributed by atoms with Gasteiger partial charge >= 0.3 is 6.03 Å². The van der Waals surface area contributed by atoms with Crippen molar-refractivity contribution >= 4 is 35.4 Å². The zero-order valence-corrected chi connectivity index (χ0v) is 33.2. The highest BCUT2D eigenvalue weighted by atomic mass is 16.2. The number of urea groups is 1. The van der Waals surface area contributed by atoms with Gasteiger partial charge in [-0.15, -0.1) is 0 Å². The van der Waals surface area contributed by atoms with Crippen LogP contribution >= 0.6 is 0 Å². The van der Waals surface area contributed by atoms with Crippen LogP contribution in [-0.4, -0.2) is 101 Å². The van der Waals surface area contributed by atoms with Crippen molar-refractivity contribution in [3.8, 4) is 0 Å². The van der Waals surface area contributed by atoms with Crippen molar-refractivity contribution in [2.45, 2.75) is 157 Å². The molecule has 6 amide bonds. The van der Waals surface area contributed by atoms with Crippen molar-refractivity contribution in [3.63, 3.8) is 0 Å². The van der Waals surface area contributed by atoms with Crippen LogP contribution in [0.25, 0.3) is 0 Å². The van der Waals surface area contributed by atoms with Gasteiger partial charge in [0.1, 0.15) is 18.1 Å². The van der Waals surface area contributed by atoms with Crippen LogP contribution in [0.15, 0.2) is 0 Å². The summed E-state index contributed by atoms with van der Waals surface area (Å²) in [5.41, 5.74) is 3.65. The van der Waals surface area contributed by atoms with E-state index in [1.807, 2.05) is 55.4 Å². The standard InChI is InChI=1S/C39H65N7O6/c1-22-19-45(20-23(2)41-22)32(50)28(35(3,4)5)43-34(52)44-29(36(6,7)8)33(51)46-21-39(37(9,10)38(39)15-12-16-38)18-26(46)31(49)42-25(27(47)30(40)48)17-24-13-11-14-24/h22-26,28-29,41H,11-21H2,1-10H3,(H2,40,48)(H,42,49)(H2,43,44,52)/t22-,23?,25?,26-,28?,29?,39?/m0/s1. The van der Waals surface area contributed by atoms with E-state index in [-0.39, 0.29) is 40.2 Å². The number of amides is 6. The molecule has 2 spiro atoms. The van der Waals surface area contributed by atoms with Crippen LogP contribution in [0.1, 0.15) is 121 Å². The summed E-state index contributed by atoms with van der Waals surface area (Å²) in [6.45, 7) is 21.2. The van der Waals surface area contributed by atoms with Gasteiger partial charge in [0.05, 0.1) is 6.04 Å².